The lowest BCUT2D eigenvalue weighted by molar-refractivity contribution is -0.167. The van der Waals surface area contributed by atoms with Gasteiger partial charge in [0.15, 0.2) is 6.10 Å². The monoisotopic (exact) mass is 855 g/mol. The zero-order valence-electron chi connectivity index (χ0n) is 40.4. The number of hydrogen-bond donors (Lipinski definition) is 0. The van der Waals surface area contributed by atoms with E-state index in [-0.39, 0.29) is 31.1 Å². The number of unbranched alkanes of at least 4 members (excludes halogenated alkanes) is 28. The molecule has 1 atom stereocenters. The third-order valence-corrected chi connectivity index (χ3v) is 11.3. The molecule has 1 unspecified atom stereocenters. The predicted octanol–water partition coefficient (Wildman–Crippen LogP) is 17.1. The van der Waals surface area contributed by atoms with E-state index in [0.29, 0.717) is 19.3 Å². The van der Waals surface area contributed by atoms with Crippen LogP contribution in [-0.2, 0) is 28.6 Å². The Kier molecular flexibility index (Phi) is 47.9. The first kappa shape index (κ1) is 58.4. The van der Waals surface area contributed by atoms with Gasteiger partial charge >= 0.3 is 17.9 Å². The Balaban J connectivity index is 4.32. The molecule has 0 aromatic rings. The second-order valence-corrected chi connectivity index (χ2v) is 17.4. The Hall–Kier alpha value is -2.63. The summed E-state index contributed by atoms with van der Waals surface area (Å²) in [6.07, 6.45) is 59.5. The van der Waals surface area contributed by atoms with Crippen LogP contribution in [0.5, 0.6) is 0 Å². The molecule has 0 saturated carbocycles. The summed E-state index contributed by atoms with van der Waals surface area (Å²) < 4.78 is 16.8. The maximum Gasteiger partial charge on any atom is 0.306 e. The van der Waals surface area contributed by atoms with Crippen molar-refractivity contribution in [2.45, 2.75) is 271 Å². The van der Waals surface area contributed by atoms with Crippen LogP contribution < -0.4 is 0 Å². The average molecular weight is 855 g/mol. The molecule has 0 bridgehead atoms. The maximum absolute atomic E-state index is 12.8. The van der Waals surface area contributed by atoms with Crippen molar-refractivity contribution in [3.63, 3.8) is 0 Å². The molecule has 0 N–H and O–H groups in total. The topological polar surface area (TPSA) is 78.9 Å². The van der Waals surface area contributed by atoms with Crippen molar-refractivity contribution in [2.24, 2.45) is 0 Å². The first-order valence-corrected chi connectivity index (χ1v) is 26.1. The Labute approximate surface area is 378 Å². The van der Waals surface area contributed by atoms with Crippen LogP contribution in [0.25, 0.3) is 0 Å². The molecule has 0 spiro atoms. The molecule has 354 valence electrons. The van der Waals surface area contributed by atoms with Gasteiger partial charge in [-0.15, -0.1) is 0 Å². The Bertz CT molecular complexity index is 1070. The van der Waals surface area contributed by atoms with Crippen molar-refractivity contribution in [1.82, 2.24) is 0 Å². The number of hydrogen-bond acceptors (Lipinski definition) is 6. The molecule has 0 radical (unpaired) electrons. The van der Waals surface area contributed by atoms with E-state index >= 15 is 0 Å². The third kappa shape index (κ3) is 48.3. The van der Waals surface area contributed by atoms with Crippen molar-refractivity contribution in [1.29, 1.82) is 0 Å². The fourth-order valence-corrected chi connectivity index (χ4v) is 7.39. The molecule has 0 aliphatic heterocycles. The summed E-state index contributed by atoms with van der Waals surface area (Å²) in [7, 11) is 0. The highest BCUT2D eigenvalue weighted by molar-refractivity contribution is 5.71. The zero-order chi connectivity index (χ0) is 44.4. The van der Waals surface area contributed by atoms with Crippen LogP contribution in [0.1, 0.15) is 265 Å². The van der Waals surface area contributed by atoms with Crippen LogP contribution >= 0.6 is 0 Å². The van der Waals surface area contributed by atoms with Gasteiger partial charge in [0.1, 0.15) is 13.2 Å². The van der Waals surface area contributed by atoms with Gasteiger partial charge in [-0.05, 0) is 77.0 Å². The fourth-order valence-electron chi connectivity index (χ4n) is 7.39. The van der Waals surface area contributed by atoms with Crippen molar-refractivity contribution in [3.8, 4) is 0 Å². The van der Waals surface area contributed by atoms with E-state index in [1.807, 2.05) is 0 Å². The molecule has 0 fully saturated rings. The lowest BCUT2D eigenvalue weighted by Gasteiger charge is -2.18. The molecule has 0 aliphatic rings. The van der Waals surface area contributed by atoms with Gasteiger partial charge in [0.25, 0.3) is 0 Å². The van der Waals surface area contributed by atoms with Crippen molar-refractivity contribution < 1.29 is 28.6 Å². The minimum absolute atomic E-state index is 0.0756. The highest BCUT2D eigenvalue weighted by Crippen LogP contribution is 2.15. The molecule has 0 rings (SSSR count). The van der Waals surface area contributed by atoms with E-state index in [0.717, 1.165) is 89.9 Å². The van der Waals surface area contributed by atoms with Gasteiger partial charge in [0.2, 0.25) is 0 Å². The van der Waals surface area contributed by atoms with Crippen LogP contribution in [0.3, 0.4) is 0 Å². The highest BCUT2D eigenvalue weighted by Gasteiger charge is 2.19. The Morgan fingerprint density at radius 1 is 0.344 bits per heavy atom. The SMILES string of the molecule is CC/C=C\C/C=C\C/C=C\CCCCCCCCCCCC(=O)OCC(COC(=O)CCCCCCCCCCCCCC)OC(=O)CCCCCCC/C=C\CCCCC. The van der Waals surface area contributed by atoms with E-state index < -0.39 is 6.10 Å². The molecule has 6 heteroatoms. The van der Waals surface area contributed by atoms with Crippen molar-refractivity contribution >= 4 is 17.9 Å². The van der Waals surface area contributed by atoms with Crippen LogP contribution in [0, 0.1) is 0 Å². The molecule has 61 heavy (non-hydrogen) atoms. The quantitative estimate of drug-likeness (QED) is 0.0263. The zero-order valence-corrected chi connectivity index (χ0v) is 40.4. The Morgan fingerprint density at radius 3 is 1.05 bits per heavy atom. The summed E-state index contributed by atoms with van der Waals surface area (Å²) in [5, 5.41) is 0. The third-order valence-electron chi connectivity index (χ3n) is 11.3. The molecule has 0 aromatic carbocycles. The van der Waals surface area contributed by atoms with E-state index in [9.17, 15) is 14.4 Å². The number of esters is 3. The lowest BCUT2D eigenvalue weighted by Crippen LogP contribution is -2.30. The van der Waals surface area contributed by atoms with Gasteiger partial charge in [0, 0.05) is 19.3 Å². The summed E-state index contributed by atoms with van der Waals surface area (Å²) in [4.78, 5) is 37.9. The average Bonchev–Trinajstić information content (AvgIpc) is 3.26. The van der Waals surface area contributed by atoms with Crippen LogP contribution in [0.4, 0.5) is 0 Å². The minimum Gasteiger partial charge on any atom is -0.462 e. The van der Waals surface area contributed by atoms with E-state index in [4.69, 9.17) is 14.2 Å². The predicted molar refractivity (Wildman–Crippen MR) is 261 cm³/mol. The van der Waals surface area contributed by atoms with Gasteiger partial charge < -0.3 is 14.2 Å². The van der Waals surface area contributed by atoms with Gasteiger partial charge in [0.05, 0.1) is 0 Å². The van der Waals surface area contributed by atoms with Gasteiger partial charge in [-0.1, -0.05) is 217 Å². The van der Waals surface area contributed by atoms with E-state index in [1.54, 1.807) is 0 Å². The minimum atomic E-state index is -0.775. The molecular weight excluding hydrogens is 757 g/mol. The van der Waals surface area contributed by atoms with Crippen molar-refractivity contribution in [3.05, 3.63) is 48.6 Å². The summed E-state index contributed by atoms with van der Waals surface area (Å²) in [6.45, 7) is 6.50. The molecule has 0 aliphatic carbocycles. The summed E-state index contributed by atoms with van der Waals surface area (Å²) in [5.41, 5.74) is 0. The summed E-state index contributed by atoms with van der Waals surface area (Å²) in [6, 6.07) is 0. The standard InChI is InChI=1S/C55H98O6/c1-4-7-10-13-16-19-22-25-26-27-28-29-30-31-34-36-39-42-45-48-54(57)60-51-52(61-55(58)49-46-43-40-37-33-24-21-18-15-12-9-6-3)50-59-53(56)47-44-41-38-35-32-23-20-17-14-11-8-5-2/h7,10,16,18-19,21,25-26,52H,4-6,8-9,11-15,17,20,22-24,27-51H2,1-3H3/b10-7-,19-16-,21-18-,26-25-. The van der Waals surface area contributed by atoms with E-state index in [1.165, 1.54) is 135 Å². The summed E-state index contributed by atoms with van der Waals surface area (Å²) >= 11 is 0. The van der Waals surface area contributed by atoms with E-state index in [2.05, 4.69) is 69.4 Å². The van der Waals surface area contributed by atoms with Crippen LogP contribution in [0.15, 0.2) is 48.6 Å². The van der Waals surface area contributed by atoms with Gasteiger partial charge in [-0.3, -0.25) is 14.4 Å². The number of carbonyl (C=O) groups is 3. The molecule has 0 amide bonds. The fraction of sp³-hybridized carbons (Fsp3) is 0.800. The van der Waals surface area contributed by atoms with Crippen molar-refractivity contribution in [2.75, 3.05) is 13.2 Å². The summed E-state index contributed by atoms with van der Waals surface area (Å²) in [5.74, 6) is -0.883. The lowest BCUT2D eigenvalue weighted by atomic mass is 10.0. The second kappa shape index (κ2) is 50.0. The normalized spacial score (nSPS) is 12.4. The highest BCUT2D eigenvalue weighted by atomic mass is 16.6. The first-order valence-electron chi connectivity index (χ1n) is 26.1. The van der Waals surface area contributed by atoms with Gasteiger partial charge in [-0.25, -0.2) is 0 Å². The van der Waals surface area contributed by atoms with Crippen LogP contribution in [0.2, 0.25) is 0 Å². The number of rotatable bonds is 47. The Morgan fingerprint density at radius 2 is 0.639 bits per heavy atom. The first-order chi connectivity index (χ1) is 30.0. The molecule has 0 aromatic heterocycles. The maximum atomic E-state index is 12.8. The number of carbonyl (C=O) groups excluding carboxylic acids is 3. The van der Waals surface area contributed by atoms with Gasteiger partial charge in [-0.2, -0.15) is 0 Å². The second-order valence-electron chi connectivity index (χ2n) is 17.4. The molecule has 6 nitrogen and oxygen atoms in total. The number of allylic oxidation sites excluding steroid dienone is 8. The largest absolute Gasteiger partial charge is 0.462 e. The smallest absolute Gasteiger partial charge is 0.306 e. The molecular formula is C55H98O6. The molecule has 0 heterocycles. The number of ether oxygens (including phenoxy) is 3. The molecule has 0 saturated heterocycles. The van der Waals surface area contributed by atoms with Crippen LogP contribution in [-0.4, -0.2) is 37.2 Å².